The van der Waals surface area contributed by atoms with Crippen molar-refractivity contribution >= 4 is 17.2 Å². The van der Waals surface area contributed by atoms with Crippen LogP contribution in [0, 0.1) is 5.82 Å². The van der Waals surface area contributed by atoms with Gasteiger partial charge in [-0.3, -0.25) is 4.90 Å². The summed E-state index contributed by atoms with van der Waals surface area (Å²) >= 11 is 5.74. The number of ether oxygens (including phenoxy) is 1. The number of hydrogen-bond donors (Lipinski definition) is 0. The van der Waals surface area contributed by atoms with Gasteiger partial charge in [0.05, 0.1) is 0 Å². The minimum Gasteiger partial charge on any atom is -0.489 e. The van der Waals surface area contributed by atoms with E-state index in [0.717, 1.165) is 54.6 Å². The van der Waals surface area contributed by atoms with Gasteiger partial charge in [-0.2, -0.15) is 0 Å². The lowest BCUT2D eigenvalue weighted by Crippen LogP contribution is -2.47. The Bertz CT molecular complexity index is 953. The van der Waals surface area contributed by atoms with E-state index in [1.165, 1.54) is 17.7 Å². The molecule has 154 valence electrons. The first-order valence-electron chi connectivity index (χ1n) is 10.2. The Hall–Kier alpha value is -2.76. The van der Waals surface area contributed by atoms with E-state index >= 15 is 0 Å². The van der Waals surface area contributed by atoms with E-state index < -0.39 is 0 Å². The van der Waals surface area contributed by atoms with Crippen molar-refractivity contribution in [1.82, 2.24) is 9.80 Å². The van der Waals surface area contributed by atoms with Gasteiger partial charge in [-0.15, -0.1) is 0 Å². The summed E-state index contributed by atoms with van der Waals surface area (Å²) in [5, 5.41) is 0. The molecule has 4 rings (SSSR count). The van der Waals surface area contributed by atoms with Gasteiger partial charge in [-0.05, 0) is 47.5 Å². The predicted octanol–water partition coefficient (Wildman–Crippen LogP) is 4.90. The number of hydrogen-bond acceptors (Lipinski definition) is 3. The molecule has 0 saturated carbocycles. The first kappa shape index (κ1) is 20.5. The van der Waals surface area contributed by atoms with Gasteiger partial charge < -0.3 is 9.64 Å². The van der Waals surface area contributed by atoms with E-state index in [-0.39, 0.29) is 5.82 Å². The van der Waals surface area contributed by atoms with Crippen molar-refractivity contribution in [2.75, 3.05) is 26.2 Å². The smallest absolute Gasteiger partial charge is 0.123 e. The highest BCUT2D eigenvalue weighted by molar-refractivity contribution is 7.80. The summed E-state index contributed by atoms with van der Waals surface area (Å²) in [6.07, 6.45) is 0. The molecule has 0 amide bonds. The van der Waals surface area contributed by atoms with Gasteiger partial charge in [0, 0.05) is 38.3 Å². The van der Waals surface area contributed by atoms with E-state index in [0.29, 0.717) is 6.61 Å². The molecule has 0 aliphatic carbocycles. The third-order valence-corrected chi connectivity index (χ3v) is 5.82. The number of benzene rings is 3. The molecule has 0 aromatic heterocycles. The number of nitrogens with zero attached hydrogens (tertiary/aromatic N) is 2. The molecule has 0 atom stereocenters. The maximum atomic E-state index is 13.0. The summed E-state index contributed by atoms with van der Waals surface area (Å²) in [6, 6.07) is 24.9. The molecule has 0 spiro atoms. The Morgan fingerprint density at radius 1 is 0.800 bits per heavy atom. The standard InChI is InChI=1S/C25H25FN2OS/c26-23-10-6-21(7-11-23)19-29-24-12-8-22(9-13-24)25(30)28-16-14-27(15-17-28)18-20-4-2-1-3-5-20/h1-13H,14-19H2. The average molecular weight is 421 g/mol. The minimum absolute atomic E-state index is 0.238. The van der Waals surface area contributed by atoms with Crippen LogP contribution in [0.1, 0.15) is 16.7 Å². The molecule has 0 unspecified atom stereocenters. The van der Waals surface area contributed by atoms with Crippen LogP contribution in [0.15, 0.2) is 78.9 Å². The topological polar surface area (TPSA) is 15.7 Å². The molecule has 3 aromatic carbocycles. The minimum atomic E-state index is -0.238. The highest BCUT2D eigenvalue weighted by Crippen LogP contribution is 2.18. The molecule has 0 N–H and O–H groups in total. The van der Waals surface area contributed by atoms with E-state index in [1.807, 2.05) is 24.3 Å². The lowest BCUT2D eigenvalue weighted by atomic mass is 10.1. The first-order valence-corrected chi connectivity index (χ1v) is 10.6. The predicted molar refractivity (Wildman–Crippen MR) is 122 cm³/mol. The fourth-order valence-electron chi connectivity index (χ4n) is 3.57. The molecule has 0 bridgehead atoms. The Morgan fingerprint density at radius 3 is 2.13 bits per heavy atom. The molecule has 1 heterocycles. The summed E-state index contributed by atoms with van der Waals surface area (Å²) < 4.78 is 18.8. The quantitative estimate of drug-likeness (QED) is 0.527. The summed E-state index contributed by atoms with van der Waals surface area (Å²) in [5.41, 5.74) is 3.32. The van der Waals surface area contributed by atoms with Gasteiger partial charge in [0.15, 0.2) is 0 Å². The lowest BCUT2D eigenvalue weighted by Gasteiger charge is -2.36. The second-order valence-corrected chi connectivity index (χ2v) is 7.88. The van der Waals surface area contributed by atoms with Crippen LogP contribution < -0.4 is 4.74 Å². The molecule has 30 heavy (non-hydrogen) atoms. The van der Waals surface area contributed by atoms with Crippen LogP contribution in [0.2, 0.25) is 0 Å². The van der Waals surface area contributed by atoms with Crippen molar-refractivity contribution < 1.29 is 9.13 Å². The number of rotatable bonds is 6. The second kappa shape index (κ2) is 9.83. The zero-order valence-electron chi connectivity index (χ0n) is 16.8. The zero-order chi connectivity index (χ0) is 20.8. The Morgan fingerprint density at radius 2 is 1.47 bits per heavy atom. The highest BCUT2D eigenvalue weighted by atomic mass is 32.1. The lowest BCUT2D eigenvalue weighted by molar-refractivity contribution is 0.177. The largest absolute Gasteiger partial charge is 0.489 e. The Balaban J connectivity index is 1.27. The normalized spacial score (nSPS) is 14.5. The molecule has 3 aromatic rings. The number of thiocarbonyl (C=S) groups is 1. The molecule has 1 fully saturated rings. The van der Waals surface area contributed by atoms with Crippen molar-refractivity contribution in [3.05, 3.63) is 101 Å². The number of halogens is 1. The van der Waals surface area contributed by atoms with E-state index in [2.05, 4.69) is 40.1 Å². The average Bonchev–Trinajstić information content (AvgIpc) is 2.80. The van der Waals surface area contributed by atoms with Crippen molar-refractivity contribution in [2.45, 2.75) is 13.2 Å². The van der Waals surface area contributed by atoms with Crippen molar-refractivity contribution in [3.63, 3.8) is 0 Å². The fourth-order valence-corrected chi connectivity index (χ4v) is 3.89. The molecule has 1 aliphatic rings. The van der Waals surface area contributed by atoms with E-state index in [9.17, 15) is 4.39 Å². The Labute approximate surface area is 182 Å². The van der Waals surface area contributed by atoms with Gasteiger partial charge in [0.1, 0.15) is 23.2 Å². The third-order valence-electron chi connectivity index (χ3n) is 5.33. The van der Waals surface area contributed by atoms with Crippen LogP contribution >= 0.6 is 12.2 Å². The molecule has 3 nitrogen and oxygen atoms in total. The van der Waals surface area contributed by atoms with Crippen LogP contribution in [-0.4, -0.2) is 41.0 Å². The SMILES string of the molecule is Fc1ccc(COc2ccc(C(=S)N3CCN(Cc4ccccc4)CC3)cc2)cc1. The van der Waals surface area contributed by atoms with E-state index in [1.54, 1.807) is 12.1 Å². The molecular weight excluding hydrogens is 395 g/mol. The summed E-state index contributed by atoms with van der Waals surface area (Å²) in [6.45, 7) is 5.29. The summed E-state index contributed by atoms with van der Waals surface area (Å²) in [4.78, 5) is 5.64. The van der Waals surface area contributed by atoms with Gasteiger partial charge in [0.2, 0.25) is 0 Å². The zero-order valence-corrected chi connectivity index (χ0v) is 17.7. The molecule has 1 saturated heterocycles. The monoisotopic (exact) mass is 420 g/mol. The van der Waals surface area contributed by atoms with Crippen molar-refractivity contribution in [3.8, 4) is 5.75 Å². The summed E-state index contributed by atoms with van der Waals surface area (Å²) in [7, 11) is 0. The number of piperazine rings is 1. The first-order chi connectivity index (χ1) is 14.7. The maximum Gasteiger partial charge on any atom is 0.123 e. The van der Waals surface area contributed by atoms with Gasteiger partial charge in [-0.1, -0.05) is 54.7 Å². The summed E-state index contributed by atoms with van der Waals surface area (Å²) in [5.74, 6) is 0.538. The maximum absolute atomic E-state index is 13.0. The van der Waals surface area contributed by atoms with E-state index in [4.69, 9.17) is 17.0 Å². The second-order valence-electron chi connectivity index (χ2n) is 7.49. The van der Waals surface area contributed by atoms with Gasteiger partial charge in [-0.25, -0.2) is 4.39 Å². The van der Waals surface area contributed by atoms with Crippen LogP contribution in [0.4, 0.5) is 4.39 Å². The fraction of sp³-hybridized carbons (Fsp3) is 0.240. The van der Waals surface area contributed by atoms with Crippen LogP contribution in [0.3, 0.4) is 0 Å². The third kappa shape index (κ3) is 5.43. The highest BCUT2D eigenvalue weighted by Gasteiger charge is 2.19. The van der Waals surface area contributed by atoms with Crippen LogP contribution in [0.25, 0.3) is 0 Å². The molecule has 1 aliphatic heterocycles. The molecule has 5 heteroatoms. The molecular formula is C25H25FN2OS. The Kier molecular flexibility index (Phi) is 6.72. The van der Waals surface area contributed by atoms with Crippen molar-refractivity contribution in [1.29, 1.82) is 0 Å². The van der Waals surface area contributed by atoms with Gasteiger partial charge in [0.25, 0.3) is 0 Å². The van der Waals surface area contributed by atoms with Crippen LogP contribution in [-0.2, 0) is 13.2 Å². The van der Waals surface area contributed by atoms with Crippen molar-refractivity contribution in [2.24, 2.45) is 0 Å². The van der Waals surface area contributed by atoms with Crippen LogP contribution in [0.5, 0.6) is 5.75 Å². The van der Waals surface area contributed by atoms with Gasteiger partial charge >= 0.3 is 0 Å². The molecule has 0 radical (unpaired) electrons.